The number of benzene rings is 1. The van der Waals surface area contributed by atoms with Gasteiger partial charge in [-0.2, -0.15) is 5.10 Å². The molecule has 0 fully saturated rings. The number of esters is 1. The first-order valence-electron chi connectivity index (χ1n) is 10.9. The van der Waals surface area contributed by atoms with E-state index in [-0.39, 0.29) is 30.5 Å². The third-order valence-electron chi connectivity index (χ3n) is 6.04. The number of aromatic carboxylic acids is 1. The number of carbonyl (C=O) groups is 2. The maximum atomic E-state index is 12.2. The Hall–Kier alpha value is -3.83. The first kappa shape index (κ1) is 25.3. The van der Waals surface area contributed by atoms with Crippen molar-refractivity contribution in [2.75, 3.05) is 7.11 Å². The fraction of sp³-hybridized carbons (Fsp3) is 0.250. The maximum Gasteiger partial charge on any atom is 0.356 e. The lowest BCUT2D eigenvalue weighted by molar-refractivity contribution is -0.141. The first-order valence-corrected chi connectivity index (χ1v) is 11.7. The number of aromatic nitrogens is 5. The number of halogens is 1. The van der Waals surface area contributed by atoms with Crippen LogP contribution in [0.2, 0.25) is 0 Å². The van der Waals surface area contributed by atoms with E-state index in [1.165, 1.54) is 17.9 Å². The lowest BCUT2D eigenvalue weighted by Gasteiger charge is -2.12. The lowest BCUT2D eigenvalue weighted by Crippen LogP contribution is -2.12. The predicted octanol–water partition coefficient (Wildman–Crippen LogP) is 4.01. The highest BCUT2D eigenvalue weighted by atomic mass is 35.5. The van der Waals surface area contributed by atoms with Gasteiger partial charge in [0.05, 0.1) is 24.9 Å². The number of aliphatic imine (C=N–C) groups is 1. The highest BCUT2D eigenvalue weighted by Crippen LogP contribution is 2.39. The molecular formula is C24H23ClN6O4S. The average Bonchev–Trinajstić information content (AvgIpc) is 3.53. The molecule has 12 heteroatoms. The van der Waals surface area contributed by atoms with Gasteiger partial charge in [-0.15, -0.1) is 33.9 Å². The molecule has 4 heterocycles. The maximum absolute atomic E-state index is 12.2. The topological polar surface area (TPSA) is 124 Å². The molecule has 186 valence electrons. The molecule has 0 unspecified atom stereocenters. The second-order valence-corrected chi connectivity index (χ2v) is 9.38. The van der Waals surface area contributed by atoms with Crippen LogP contribution >= 0.6 is 23.7 Å². The molecule has 3 aromatic heterocycles. The van der Waals surface area contributed by atoms with Crippen LogP contribution in [0.15, 0.2) is 41.5 Å². The Labute approximate surface area is 216 Å². The van der Waals surface area contributed by atoms with Gasteiger partial charge < -0.3 is 9.84 Å². The zero-order valence-electron chi connectivity index (χ0n) is 19.9. The highest BCUT2D eigenvalue weighted by Gasteiger charge is 2.32. The number of aryl methyl sites for hydroxylation is 2. The molecule has 1 atom stereocenters. The van der Waals surface area contributed by atoms with E-state index in [1.807, 2.05) is 35.8 Å². The number of thiophene rings is 1. The van der Waals surface area contributed by atoms with Gasteiger partial charge in [0.2, 0.25) is 0 Å². The van der Waals surface area contributed by atoms with Gasteiger partial charge in [-0.3, -0.25) is 14.4 Å². The quantitative estimate of drug-likeness (QED) is 0.389. The summed E-state index contributed by atoms with van der Waals surface area (Å²) in [6.07, 6.45) is 1.64. The molecule has 1 aliphatic heterocycles. The lowest BCUT2D eigenvalue weighted by atomic mass is 9.99. The normalized spacial score (nSPS) is 14.2. The second kappa shape index (κ2) is 9.67. The van der Waals surface area contributed by atoms with Crippen molar-refractivity contribution in [3.63, 3.8) is 0 Å². The molecule has 0 aliphatic carbocycles. The van der Waals surface area contributed by atoms with Gasteiger partial charge in [0, 0.05) is 22.2 Å². The fourth-order valence-electron chi connectivity index (χ4n) is 4.12. The van der Waals surface area contributed by atoms with Crippen molar-refractivity contribution < 1.29 is 19.4 Å². The SMILES string of the molecule is COC(=O)C[C@@H]1N=C(c2ccc(-n3ccc(C(=O)O)n3)cc2)c2c(sc(C)c2C)-n2c(C)nnc21.Cl. The number of carboxylic acid groups (broad SMARTS) is 1. The largest absolute Gasteiger partial charge is 0.476 e. The number of carbonyl (C=O) groups excluding carboxylic acids is 1. The Bertz CT molecular complexity index is 1500. The Morgan fingerprint density at radius 1 is 1.11 bits per heavy atom. The first-order chi connectivity index (χ1) is 16.8. The minimum absolute atomic E-state index is 0. The van der Waals surface area contributed by atoms with E-state index < -0.39 is 12.0 Å². The Kier molecular flexibility index (Phi) is 6.79. The molecular weight excluding hydrogens is 504 g/mol. The number of nitrogens with zero attached hydrogens (tertiary/aromatic N) is 6. The second-order valence-electron chi connectivity index (χ2n) is 8.18. The molecule has 1 aromatic carbocycles. The standard InChI is InChI=1S/C24H22N6O4S.ClH/c1-12-13(2)35-23-20(12)21(25-18(11-19(31)34-4)22-27-26-14(3)30(22)23)15-5-7-16(8-6-15)29-10-9-17(28-29)24(32)33;/h5-10,18H,11H2,1-4H3,(H,32,33);1H/t18-;/m0./s1. The number of rotatable bonds is 5. The number of ether oxygens (including phenoxy) is 1. The van der Waals surface area contributed by atoms with Gasteiger partial charge in [-0.1, -0.05) is 12.1 Å². The van der Waals surface area contributed by atoms with Crippen molar-refractivity contribution in [3.05, 3.63) is 75.4 Å². The van der Waals surface area contributed by atoms with E-state index in [0.717, 1.165) is 38.1 Å². The van der Waals surface area contributed by atoms with Crippen molar-refractivity contribution in [2.24, 2.45) is 4.99 Å². The summed E-state index contributed by atoms with van der Waals surface area (Å²) in [7, 11) is 1.35. The van der Waals surface area contributed by atoms with Crippen molar-refractivity contribution in [1.29, 1.82) is 0 Å². The Morgan fingerprint density at radius 2 is 1.83 bits per heavy atom. The summed E-state index contributed by atoms with van der Waals surface area (Å²) >= 11 is 1.64. The van der Waals surface area contributed by atoms with E-state index in [1.54, 1.807) is 17.5 Å². The van der Waals surface area contributed by atoms with E-state index in [0.29, 0.717) is 11.5 Å². The number of hydrogen-bond acceptors (Lipinski definition) is 8. The Balaban J connectivity index is 0.00000304. The highest BCUT2D eigenvalue weighted by molar-refractivity contribution is 7.15. The van der Waals surface area contributed by atoms with Crippen LogP contribution in [0.25, 0.3) is 10.7 Å². The van der Waals surface area contributed by atoms with Gasteiger partial charge in [-0.05, 0) is 44.5 Å². The van der Waals surface area contributed by atoms with Gasteiger partial charge in [0.1, 0.15) is 16.9 Å². The number of fused-ring (bicyclic) bond motifs is 3. The van der Waals surface area contributed by atoms with Crippen LogP contribution in [0.1, 0.15) is 56.2 Å². The fourth-order valence-corrected chi connectivity index (χ4v) is 5.33. The van der Waals surface area contributed by atoms with Crippen LogP contribution < -0.4 is 0 Å². The minimum atomic E-state index is -1.08. The summed E-state index contributed by atoms with van der Waals surface area (Å²) in [4.78, 5) is 29.6. The van der Waals surface area contributed by atoms with E-state index in [9.17, 15) is 9.59 Å². The number of hydrogen-bond donors (Lipinski definition) is 1. The van der Waals surface area contributed by atoms with Gasteiger partial charge in [-0.25, -0.2) is 9.48 Å². The molecule has 0 radical (unpaired) electrons. The van der Waals surface area contributed by atoms with Gasteiger partial charge in [0.25, 0.3) is 0 Å². The summed E-state index contributed by atoms with van der Waals surface area (Å²) in [5.41, 5.74) is 4.37. The molecule has 0 saturated heterocycles. The molecule has 0 spiro atoms. The third kappa shape index (κ3) is 4.20. The molecule has 10 nitrogen and oxygen atoms in total. The molecule has 5 rings (SSSR count). The summed E-state index contributed by atoms with van der Waals surface area (Å²) < 4.78 is 8.42. The van der Waals surface area contributed by atoms with Crippen LogP contribution in [-0.4, -0.2) is 54.4 Å². The van der Waals surface area contributed by atoms with E-state index in [4.69, 9.17) is 14.8 Å². The zero-order valence-corrected chi connectivity index (χ0v) is 21.6. The minimum Gasteiger partial charge on any atom is -0.476 e. The molecule has 1 N–H and O–H groups in total. The summed E-state index contributed by atoms with van der Waals surface area (Å²) in [5.74, 6) is -0.147. The molecule has 0 saturated carbocycles. The van der Waals surface area contributed by atoms with Crippen LogP contribution in [0.4, 0.5) is 0 Å². The van der Waals surface area contributed by atoms with Crippen molar-refractivity contribution >= 4 is 41.4 Å². The summed E-state index contributed by atoms with van der Waals surface area (Å²) in [5, 5.41) is 22.8. The van der Waals surface area contributed by atoms with E-state index >= 15 is 0 Å². The number of methoxy groups -OCH3 is 1. The molecule has 1 aliphatic rings. The van der Waals surface area contributed by atoms with Crippen molar-refractivity contribution in [3.8, 4) is 10.7 Å². The van der Waals surface area contributed by atoms with Gasteiger partial charge >= 0.3 is 11.9 Å². The van der Waals surface area contributed by atoms with Gasteiger partial charge in [0.15, 0.2) is 11.5 Å². The smallest absolute Gasteiger partial charge is 0.356 e. The van der Waals surface area contributed by atoms with Crippen LogP contribution in [-0.2, 0) is 9.53 Å². The van der Waals surface area contributed by atoms with Crippen molar-refractivity contribution in [1.82, 2.24) is 24.5 Å². The zero-order chi connectivity index (χ0) is 24.9. The third-order valence-corrected chi connectivity index (χ3v) is 7.23. The molecule has 0 bridgehead atoms. The van der Waals surface area contributed by atoms with Crippen LogP contribution in [0.5, 0.6) is 0 Å². The predicted molar refractivity (Wildman–Crippen MR) is 136 cm³/mol. The number of carboxylic acids is 1. The summed E-state index contributed by atoms with van der Waals surface area (Å²) in [6, 6.07) is 8.43. The molecule has 4 aromatic rings. The monoisotopic (exact) mass is 526 g/mol. The van der Waals surface area contributed by atoms with E-state index in [2.05, 4.69) is 29.1 Å². The van der Waals surface area contributed by atoms with Crippen molar-refractivity contribution in [2.45, 2.75) is 33.2 Å². The Morgan fingerprint density at radius 3 is 2.47 bits per heavy atom. The van der Waals surface area contributed by atoms with Crippen LogP contribution in [0, 0.1) is 20.8 Å². The summed E-state index contributed by atoms with van der Waals surface area (Å²) in [6.45, 7) is 6.01. The van der Waals surface area contributed by atoms with Crippen LogP contribution in [0.3, 0.4) is 0 Å². The molecule has 0 amide bonds. The molecule has 36 heavy (non-hydrogen) atoms. The average molecular weight is 527 g/mol.